The van der Waals surface area contributed by atoms with Crippen LogP contribution in [0.2, 0.25) is 0 Å². The van der Waals surface area contributed by atoms with Crippen molar-refractivity contribution in [3.8, 4) is 0 Å². The molecule has 0 saturated heterocycles. The van der Waals surface area contributed by atoms with E-state index in [0.29, 0.717) is 5.69 Å². The van der Waals surface area contributed by atoms with Gasteiger partial charge in [-0.25, -0.2) is 8.42 Å². The first kappa shape index (κ1) is 15.3. The fraction of sp³-hybridized carbons (Fsp3) is 0.267. The molecule has 0 radical (unpaired) electrons. The van der Waals surface area contributed by atoms with E-state index in [1.165, 1.54) is 10.5 Å². The Kier molecular flexibility index (Phi) is 4.18. The first-order valence-corrected chi connectivity index (χ1v) is 7.95. The normalized spacial score (nSPS) is 11.2. The van der Waals surface area contributed by atoms with Crippen molar-refractivity contribution in [1.29, 1.82) is 0 Å². The fourth-order valence-corrected chi connectivity index (χ4v) is 3.22. The summed E-state index contributed by atoms with van der Waals surface area (Å²) in [7, 11) is 1.80. The zero-order chi connectivity index (χ0) is 15.6. The first-order valence-electron chi connectivity index (χ1n) is 6.51. The molecule has 6 heteroatoms. The minimum atomic E-state index is -3.60. The molecule has 0 spiro atoms. The largest absolute Gasteiger partial charge is 0.378 e. The Morgan fingerprint density at radius 2 is 1.81 bits per heavy atom. The van der Waals surface area contributed by atoms with Gasteiger partial charge in [0.05, 0.1) is 5.69 Å². The minimum absolute atomic E-state index is 0.183. The van der Waals surface area contributed by atoms with Crippen LogP contribution in [0.1, 0.15) is 5.56 Å². The second kappa shape index (κ2) is 5.73. The molecule has 0 N–H and O–H groups in total. The molecule has 1 aromatic carbocycles. The van der Waals surface area contributed by atoms with E-state index in [0.717, 1.165) is 11.3 Å². The minimum Gasteiger partial charge on any atom is -0.378 e. The Balaban J connectivity index is 2.49. The lowest BCUT2D eigenvalue weighted by Crippen LogP contribution is -2.27. The molecule has 1 heterocycles. The average molecular weight is 305 g/mol. The summed E-state index contributed by atoms with van der Waals surface area (Å²) in [5, 5.41) is 0. The van der Waals surface area contributed by atoms with E-state index >= 15 is 0 Å². The summed E-state index contributed by atoms with van der Waals surface area (Å²) >= 11 is 0. The number of nitrogens with zero attached hydrogens (tertiary/aromatic N) is 3. The fourth-order valence-electron chi connectivity index (χ4n) is 2.00. The van der Waals surface area contributed by atoms with Gasteiger partial charge in [0.1, 0.15) is 4.90 Å². The van der Waals surface area contributed by atoms with Crippen molar-refractivity contribution in [2.24, 2.45) is 0 Å². The first-order chi connectivity index (χ1) is 9.84. The number of benzene rings is 1. The quantitative estimate of drug-likeness (QED) is 0.869. The van der Waals surface area contributed by atoms with Crippen molar-refractivity contribution in [2.75, 3.05) is 30.3 Å². The van der Waals surface area contributed by atoms with Crippen molar-refractivity contribution in [1.82, 2.24) is 4.98 Å². The predicted octanol–water partition coefficient (Wildman–Crippen LogP) is 2.28. The van der Waals surface area contributed by atoms with Gasteiger partial charge in [0.15, 0.2) is 0 Å². The van der Waals surface area contributed by atoms with Crippen molar-refractivity contribution in [3.63, 3.8) is 0 Å². The van der Waals surface area contributed by atoms with Crippen molar-refractivity contribution in [2.45, 2.75) is 11.8 Å². The van der Waals surface area contributed by atoms with Crippen LogP contribution < -0.4 is 9.21 Å². The summed E-state index contributed by atoms with van der Waals surface area (Å²) < 4.78 is 26.6. The van der Waals surface area contributed by atoms with Gasteiger partial charge in [-0.1, -0.05) is 6.07 Å². The lowest BCUT2D eigenvalue weighted by molar-refractivity contribution is 0.594. The molecule has 0 atom stereocenters. The van der Waals surface area contributed by atoms with Crippen LogP contribution in [0.3, 0.4) is 0 Å². The summed E-state index contributed by atoms with van der Waals surface area (Å²) in [6.45, 7) is 1.89. The van der Waals surface area contributed by atoms with Gasteiger partial charge in [-0.15, -0.1) is 0 Å². The van der Waals surface area contributed by atoms with E-state index in [1.807, 2.05) is 44.1 Å². The predicted molar refractivity (Wildman–Crippen MR) is 85.3 cm³/mol. The van der Waals surface area contributed by atoms with E-state index in [2.05, 4.69) is 4.98 Å². The van der Waals surface area contributed by atoms with Crippen LogP contribution in [-0.2, 0) is 10.0 Å². The highest BCUT2D eigenvalue weighted by Gasteiger charge is 2.23. The van der Waals surface area contributed by atoms with E-state index in [-0.39, 0.29) is 4.90 Å². The van der Waals surface area contributed by atoms with E-state index in [1.54, 1.807) is 25.4 Å². The summed E-state index contributed by atoms with van der Waals surface area (Å²) in [5.74, 6) is 0. The monoisotopic (exact) mass is 305 g/mol. The van der Waals surface area contributed by atoms with E-state index < -0.39 is 10.0 Å². The highest BCUT2D eigenvalue weighted by Crippen LogP contribution is 2.28. The highest BCUT2D eigenvalue weighted by molar-refractivity contribution is 7.92. The molecule has 0 aliphatic heterocycles. The van der Waals surface area contributed by atoms with Crippen molar-refractivity contribution in [3.05, 3.63) is 48.3 Å². The second-order valence-corrected chi connectivity index (χ2v) is 7.00. The van der Waals surface area contributed by atoms with Gasteiger partial charge in [0.2, 0.25) is 0 Å². The lowest BCUT2D eigenvalue weighted by atomic mass is 10.2. The van der Waals surface area contributed by atoms with E-state index in [4.69, 9.17) is 0 Å². The highest BCUT2D eigenvalue weighted by atomic mass is 32.2. The maximum Gasteiger partial charge on any atom is 0.265 e. The van der Waals surface area contributed by atoms with Crippen LogP contribution in [-0.4, -0.2) is 34.5 Å². The Morgan fingerprint density at radius 1 is 1.10 bits per heavy atom. The molecule has 0 aliphatic carbocycles. The van der Waals surface area contributed by atoms with Crippen LogP contribution >= 0.6 is 0 Å². The number of hydrogen-bond acceptors (Lipinski definition) is 4. The SMILES string of the molecule is Cc1ccc(N(C)C)cc1N(C)S(=O)(=O)c1cccnc1. The molecular formula is C15H19N3O2S. The zero-order valence-corrected chi connectivity index (χ0v) is 13.4. The molecule has 0 bridgehead atoms. The van der Waals surface area contributed by atoms with Crippen LogP contribution in [0.25, 0.3) is 0 Å². The Labute approximate surface area is 125 Å². The molecule has 2 rings (SSSR count). The molecule has 5 nitrogen and oxygen atoms in total. The Bertz CT molecular complexity index is 728. The molecule has 0 aliphatic rings. The van der Waals surface area contributed by atoms with Gasteiger partial charge in [-0.3, -0.25) is 9.29 Å². The molecule has 1 aromatic heterocycles. The van der Waals surface area contributed by atoms with Crippen LogP contribution in [0.4, 0.5) is 11.4 Å². The Hall–Kier alpha value is -2.08. The molecule has 0 fully saturated rings. The standard InChI is InChI=1S/C15H19N3O2S/c1-12-7-8-13(17(2)3)10-15(12)18(4)21(19,20)14-6-5-9-16-11-14/h5-11H,1-4H3. The molecule has 21 heavy (non-hydrogen) atoms. The maximum absolute atomic E-state index is 12.6. The number of anilines is 2. The van der Waals surface area contributed by atoms with Crippen LogP contribution in [0.5, 0.6) is 0 Å². The summed E-state index contributed by atoms with van der Waals surface area (Å²) in [4.78, 5) is 6.00. The second-order valence-electron chi connectivity index (χ2n) is 5.03. The summed E-state index contributed by atoms with van der Waals surface area (Å²) in [5.41, 5.74) is 2.50. The molecule has 112 valence electrons. The molecule has 2 aromatic rings. The van der Waals surface area contributed by atoms with Gasteiger partial charge in [-0.05, 0) is 36.8 Å². The van der Waals surface area contributed by atoms with Crippen LogP contribution in [0.15, 0.2) is 47.6 Å². The van der Waals surface area contributed by atoms with Crippen molar-refractivity contribution < 1.29 is 8.42 Å². The Morgan fingerprint density at radius 3 is 2.38 bits per heavy atom. The number of pyridine rings is 1. The number of sulfonamides is 1. The summed E-state index contributed by atoms with van der Waals surface area (Å²) in [6, 6.07) is 8.90. The number of aryl methyl sites for hydroxylation is 1. The third-order valence-electron chi connectivity index (χ3n) is 3.34. The summed E-state index contributed by atoms with van der Waals surface area (Å²) in [6.07, 6.45) is 2.91. The average Bonchev–Trinajstić information content (AvgIpc) is 2.47. The number of hydrogen-bond donors (Lipinski definition) is 0. The van der Waals surface area contributed by atoms with E-state index in [9.17, 15) is 8.42 Å². The molecular weight excluding hydrogens is 286 g/mol. The lowest BCUT2D eigenvalue weighted by Gasteiger charge is -2.23. The van der Waals surface area contributed by atoms with Gasteiger partial charge in [-0.2, -0.15) is 0 Å². The third kappa shape index (κ3) is 3.00. The third-order valence-corrected chi connectivity index (χ3v) is 5.10. The zero-order valence-electron chi connectivity index (χ0n) is 12.6. The molecule has 0 saturated carbocycles. The van der Waals surface area contributed by atoms with Gasteiger partial charge < -0.3 is 4.90 Å². The topological polar surface area (TPSA) is 53.5 Å². The number of aromatic nitrogens is 1. The molecule has 0 amide bonds. The van der Waals surface area contributed by atoms with Gasteiger partial charge in [0, 0.05) is 39.2 Å². The molecule has 0 unspecified atom stereocenters. The van der Waals surface area contributed by atoms with Crippen molar-refractivity contribution >= 4 is 21.4 Å². The van der Waals surface area contributed by atoms with Gasteiger partial charge >= 0.3 is 0 Å². The maximum atomic E-state index is 12.6. The van der Waals surface area contributed by atoms with Crippen LogP contribution in [0, 0.1) is 6.92 Å². The number of rotatable bonds is 4. The smallest absolute Gasteiger partial charge is 0.265 e. The van der Waals surface area contributed by atoms with Gasteiger partial charge in [0.25, 0.3) is 10.0 Å².